The van der Waals surface area contributed by atoms with Crippen LogP contribution in [0.15, 0.2) is 10.6 Å². The third kappa shape index (κ3) is 5.57. The highest BCUT2D eigenvalue weighted by Crippen LogP contribution is 2.36. The Balaban J connectivity index is 0.00000150. The van der Waals surface area contributed by atoms with Crippen molar-refractivity contribution >= 4 is 30.6 Å². The van der Waals surface area contributed by atoms with Crippen molar-refractivity contribution < 1.29 is 9.26 Å². The van der Waals surface area contributed by atoms with Crippen molar-refractivity contribution in [2.75, 3.05) is 19.1 Å². The van der Waals surface area contributed by atoms with Crippen molar-refractivity contribution in [2.24, 2.45) is 5.73 Å². The van der Waals surface area contributed by atoms with Gasteiger partial charge in [-0.25, -0.2) is 9.97 Å². The van der Waals surface area contributed by atoms with Crippen molar-refractivity contribution in [2.45, 2.75) is 69.6 Å². The highest BCUT2D eigenvalue weighted by molar-refractivity contribution is 5.85. The lowest BCUT2D eigenvalue weighted by Crippen LogP contribution is -2.35. The number of ether oxygens (including phenoxy) is 1. The minimum absolute atomic E-state index is 0. The minimum Gasteiger partial charge on any atom is -0.377 e. The van der Waals surface area contributed by atoms with E-state index in [1.807, 2.05) is 18.0 Å². The molecule has 2 aromatic rings. The molecule has 162 valence electrons. The number of halogens is 2. The van der Waals surface area contributed by atoms with Gasteiger partial charge in [-0.05, 0) is 25.7 Å². The van der Waals surface area contributed by atoms with Gasteiger partial charge in [0.05, 0.1) is 6.54 Å². The van der Waals surface area contributed by atoms with Crippen LogP contribution in [0.2, 0.25) is 0 Å². The topological polar surface area (TPSA) is 103 Å². The van der Waals surface area contributed by atoms with Crippen LogP contribution in [-0.2, 0) is 17.9 Å². The Morgan fingerprint density at radius 2 is 1.83 bits per heavy atom. The number of hydrogen-bond donors (Lipinski definition) is 1. The van der Waals surface area contributed by atoms with Crippen LogP contribution in [0.25, 0.3) is 0 Å². The Morgan fingerprint density at radius 1 is 1.10 bits per heavy atom. The molecule has 2 heterocycles. The molecule has 4 rings (SSSR count). The number of anilines is 1. The van der Waals surface area contributed by atoms with Gasteiger partial charge in [0, 0.05) is 43.8 Å². The second-order valence-electron chi connectivity index (χ2n) is 7.81. The van der Waals surface area contributed by atoms with Crippen molar-refractivity contribution in [1.29, 1.82) is 0 Å². The van der Waals surface area contributed by atoms with Gasteiger partial charge in [0.25, 0.3) is 0 Å². The van der Waals surface area contributed by atoms with Crippen LogP contribution in [0, 0.1) is 0 Å². The smallest absolute Gasteiger partial charge is 0.229 e. The first-order valence-electron chi connectivity index (χ1n) is 9.78. The lowest BCUT2D eigenvalue weighted by atomic mass is 9.78. The molecule has 2 aliphatic carbocycles. The standard InChI is InChI=1S/C19H28N6O2.2ClH/c1-25(10-16-23-19(27-24-16)12-5-3-4-6-12)18-9-15(13-7-14(20)8-13)21-17(22-18)11-26-2;;/h9,12-14H,3-8,10-11,20H2,1-2H3;2*1H. The molecular formula is C19H30Cl2N6O2. The fourth-order valence-electron chi connectivity index (χ4n) is 3.97. The predicted molar refractivity (Wildman–Crippen MR) is 115 cm³/mol. The van der Waals surface area contributed by atoms with Crippen LogP contribution in [0.5, 0.6) is 0 Å². The summed E-state index contributed by atoms with van der Waals surface area (Å²) >= 11 is 0. The second kappa shape index (κ2) is 10.5. The molecular weight excluding hydrogens is 415 g/mol. The number of hydrogen-bond acceptors (Lipinski definition) is 8. The average Bonchev–Trinajstić information content (AvgIpc) is 3.30. The number of nitrogens with two attached hydrogens (primary N) is 1. The van der Waals surface area contributed by atoms with E-state index in [4.69, 9.17) is 15.0 Å². The van der Waals surface area contributed by atoms with E-state index in [1.165, 1.54) is 12.8 Å². The Kier molecular flexibility index (Phi) is 8.63. The Morgan fingerprint density at radius 3 is 2.48 bits per heavy atom. The van der Waals surface area contributed by atoms with E-state index in [1.54, 1.807) is 7.11 Å². The normalized spacial score (nSPS) is 21.2. The maximum absolute atomic E-state index is 5.95. The molecule has 0 saturated heterocycles. The molecule has 8 nitrogen and oxygen atoms in total. The summed E-state index contributed by atoms with van der Waals surface area (Å²) in [7, 11) is 3.64. The van der Waals surface area contributed by atoms with E-state index in [0.717, 1.165) is 43.1 Å². The van der Waals surface area contributed by atoms with Crippen molar-refractivity contribution in [3.05, 3.63) is 29.3 Å². The minimum atomic E-state index is 0. The Labute approximate surface area is 183 Å². The quantitative estimate of drug-likeness (QED) is 0.692. The molecule has 29 heavy (non-hydrogen) atoms. The van der Waals surface area contributed by atoms with E-state index in [-0.39, 0.29) is 30.9 Å². The largest absolute Gasteiger partial charge is 0.377 e. The predicted octanol–water partition coefficient (Wildman–Crippen LogP) is 3.35. The molecule has 0 unspecified atom stereocenters. The van der Waals surface area contributed by atoms with Gasteiger partial charge in [0.1, 0.15) is 12.4 Å². The third-order valence-corrected chi connectivity index (χ3v) is 5.60. The SMILES string of the molecule is COCc1nc(C2CC(N)C2)cc(N(C)Cc2noc(C3CCCC3)n2)n1.Cl.Cl. The van der Waals surface area contributed by atoms with Gasteiger partial charge < -0.3 is 19.9 Å². The summed E-state index contributed by atoms with van der Waals surface area (Å²) in [4.78, 5) is 15.9. The van der Waals surface area contributed by atoms with Crippen LogP contribution in [0.1, 0.15) is 73.6 Å². The molecule has 0 aliphatic heterocycles. The first-order valence-corrected chi connectivity index (χ1v) is 9.78. The number of methoxy groups -OCH3 is 1. The highest BCUT2D eigenvalue weighted by Gasteiger charge is 2.29. The summed E-state index contributed by atoms with van der Waals surface area (Å²) in [5, 5.41) is 4.17. The lowest BCUT2D eigenvalue weighted by molar-refractivity contribution is 0.177. The van der Waals surface area contributed by atoms with Crippen LogP contribution in [0.4, 0.5) is 5.82 Å². The number of aromatic nitrogens is 4. The molecule has 2 N–H and O–H groups in total. The molecule has 0 amide bonds. The molecule has 2 aliphatic rings. The summed E-state index contributed by atoms with van der Waals surface area (Å²) in [5.74, 6) is 3.85. The number of nitrogens with zero attached hydrogens (tertiary/aromatic N) is 5. The van der Waals surface area contributed by atoms with Crippen molar-refractivity contribution in [1.82, 2.24) is 20.1 Å². The van der Waals surface area contributed by atoms with Gasteiger partial charge in [-0.15, -0.1) is 24.8 Å². The van der Waals surface area contributed by atoms with Crippen LogP contribution >= 0.6 is 24.8 Å². The fourth-order valence-corrected chi connectivity index (χ4v) is 3.97. The molecule has 2 saturated carbocycles. The van der Waals surface area contributed by atoms with Crippen molar-refractivity contribution in [3.63, 3.8) is 0 Å². The third-order valence-electron chi connectivity index (χ3n) is 5.60. The van der Waals surface area contributed by atoms with Gasteiger partial charge in [-0.1, -0.05) is 18.0 Å². The van der Waals surface area contributed by atoms with Crippen LogP contribution in [-0.4, -0.2) is 40.3 Å². The first kappa shape index (κ1) is 23.8. The molecule has 2 fully saturated rings. The van der Waals surface area contributed by atoms with Gasteiger partial charge in [-0.2, -0.15) is 4.98 Å². The summed E-state index contributed by atoms with van der Waals surface area (Å²) in [6.45, 7) is 0.935. The first-order chi connectivity index (χ1) is 13.1. The van der Waals surface area contributed by atoms with E-state index < -0.39 is 0 Å². The van der Waals surface area contributed by atoms with E-state index in [2.05, 4.69) is 20.1 Å². The average molecular weight is 445 g/mol. The molecule has 10 heteroatoms. The monoisotopic (exact) mass is 444 g/mol. The second-order valence-corrected chi connectivity index (χ2v) is 7.81. The van der Waals surface area contributed by atoms with Crippen molar-refractivity contribution in [3.8, 4) is 0 Å². The van der Waals surface area contributed by atoms with Gasteiger partial charge in [0.2, 0.25) is 5.89 Å². The number of rotatable bonds is 7. The van der Waals surface area contributed by atoms with E-state index >= 15 is 0 Å². The lowest BCUT2D eigenvalue weighted by Gasteiger charge is -2.32. The maximum Gasteiger partial charge on any atom is 0.229 e. The zero-order valence-electron chi connectivity index (χ0n) is 16.9. The fraction of sp³-hybridized carbons (Fsp3) is 0.684. The summed E-state index contributed by atoms with van der Waals surface area (Å²) in [6.07, 6.45) is 6.75. The zero-order valence-corrected chi connectivity index (χ0v) is 18.5. The Bertz CT molecular complexity index is 778. The molecule has 0 atom stereocenters. The van der Waals surface area contributed by atoms with E-state index in [0.29, 0.717) is 36.6 Å². The highest BCUT2D eigenvalue weighted by atomic mass is 35.5. The molecule has 0 aromatic carbocycles. The van der Waals surface area contributed by atoms with Gasteiger partial charge in [0.15, 0.2) is 11.6 Å². The molecule has 0 radical (unpaired) electrons. The van der Waals surface area contributed by atoms with Gasteiger partial charge in [-0.3, -0.25) is 0 Å². The Hall–Kier alpha value is -1.48. The maximum atomic E-state index is 5.95. The molecule has 2 aromatic heterocycles. The van der Waals surface area contributed by atoms with E-state index in [9.17, 15) is 0 Å². The molecule has 0 spiro atoms. The summed E-state index contributed by atoms with van der Waals surface area (Å²) < 4.78 is 10.7. The molecule has 0 bridgehead atoms. The zero-order chi connectivity index (χ0) is 18.8. The summed E-state index contributed by atoms with van der Waals surface area (Å²) in [6, 6.07) is 2.33. The van der Waals surface area contributed by atoms with Crippen LogP contribution < -0.4 is 10.6 Å². The van der Waals surface area contributed by atoms with Gasteiger partial charge >= 0.3 is 0 Å². The van der Waals surface area contributed by atoms with Crippen LogP contribution in [0.3, 0.4) is 0 Å². The summed E-state index contributed by atoms with van der Waals surface area (Å²) in [5.41, 5.74) is 6.99.